The van der Waals surface area contributed by atoms with Crippen molar-refractivity contribution in [3.05, 3.63) is 60.3 Å². The van der Waals surface area contributed by atoms with Crippen LogP contribution in [0.3, 0.4) is 0 Å². The van der Waals surface area contributed by atoms with E-state index in [4.69, 9.17) is 11.5 Å². The monoisotopic (exact) mass is 294 g/mol. The third-order valence-corrected chi connectivity index (χ3v) is 3.39. The fraction of sp³-hybridized carbons (Fsp3) is 0. The van der Waals surface area contributed by atoms with Crippen molar-refractivity contribution in [2.45, 2.75) is 0 Å². The molecule has 0 bridgehead atoms. The average molecular weight is 294 g/mol. The molecule has 0 spiro atoms. The van der Waals surface area contributed by atoms with Crippen LogP contribution in [0.4, 0.5) is 4.79 Å². The van der Waals surface area contributed by atoms with Crippen molar-refractivity contribution < 1.29 is 9.59 Å². The van der Waals surface area contributed by atoms with Crippen molar-refractivity contribution in [1.82, 2.24) is 4.68 Å². The topological polar surface area (TPSA) is 103 Å². The number of amides is 3. The zero-order valence-electron chi connectivity index (χ0n) is 11.6. The molecule has 3 rings (SSSR count). The van der Waals surface area contributed by atoms with E-state index in [1.807, 2.05) is 42.5 Å². The number of carbonyl (C=O) groups is 2. The van der Waals surface area contributed by atoms with Gasteiger partial charge in [0, 0.05) is 10.9 Å². The first-order chi connectivity index (χ1) is 10.6. The van der Waals surface area contributed by atoms with E-state index < -0.39 is 11.9 Å². The summed E-state index contributed by atoms with van der Waals surface area (Å²) < 4.78 is 1.34. The van der Waals surface area contributed by atoms with Crippen LogP contribution < -0.4 is 16.9 Å². The van der Waals surface area contributed by atoms with Gasteiger partial charge >= 0.3 is 6.03 Å². The van der Waals surface area contributed by atoms with Crippen LogP contribution in [-0.2, 0) is 0 Å². The number of carbonyl (C=O) groups excluding carboxylic acids is 2. The summed E-state index contributed by atoms with van der Waals surface area (Å²) in [5.41, 5.74) is 15.5. The van der Waals surface area contributed by atoms with Crippen LogP contribution in [-0.4, -0.2) is 16.6 Å². The standard InChI is InChI=1S/C16H14N4O2/c17-15(21)14-13(10-6-2-1-3-7-10)11-8-4-5-9-12(11)20(14)19-16(18)22/h1-9H,(H2,17,21)(H3,18,19,22). The molecule has 22 heavy (non-hydrogen) atoms. The molecule has 6 heteroatoms. The minimum Gasteiger partial charge on any atom is -0.364 e. The second kappa shape index (κ2) is 5.25. The molecular weight excluding hydrogens is 280 g/mol. The minimum atomic E-state index is -0.775. The van der Waals surface area contributed by atoms with Crippen LogP contribution in [0.5, 0.6) is 0 Å². The normalized spacial score (nSPS) is 10.5. The average Bonchev–Trinajstić information content (AvgIpc) is 2.82. The van der Waals surface area contributed by atoms with Gasteiger partial charge in [0.1, 0.15) is 5.69 Å². The fourth-order valence-corrected chi connectivity index (χ4v) is 2.60. The summed E-state index contributed by atoms with van der Waals surface area (Å²) in [4.78, 5) is 23.2. The number of nitrogens with one attached hydrogen (secondary N) is 1. The Labute approximate surface area is 126 Å². The Morgan fingerprint density at radius 1 is 0.909 bits per heavy atom. The predicted molar refractivity (Wildman–Crippen MR) is 84.8 cm³/mol. The van der Waals surface area contributed by atoms with Crippen molar-refractivity contribution in [2.24, 2.45) is 11.5 Å². The Hall–Kier alpha value is -3.28. The number of primary amides is 2. The molecule has 110 valence electrons. The van der Waals surface area contributed by atoms with E-state index >= 15 is 0 Å². The summed E-state index contributed by atoms with van der Waals surface area (Å²) in [6.45, 7) is 0. The van der Waals surface area contributed by atoms with Crippen LogP contribution in [0.15, 0.2) is 54.6 Å². The quantitative estimate of drug-likeness (QED) is 0.688. The minimum absolute atomic E-state index is 0.186. The first kappa shape index (κ1) is 13.7. The highest BCUT2D eigenvalue weighted by Gasteiger charge is 2.22. The molecule has 0 saturated carbocycles. The number of para-hydroxylation sites is 1. The highest BCUT2D eigenvalue weighted by atomic mass is 16.2. The van der Waals surface area contributed by atoms with Gasteiger partial charge in [-0.1, -0.05) is 48.5 Å². The van der Waals surface area contributed by atoms with Crippen LogP contribution >= 0.6 is 0 Å². The molecule has 5 N–H and O–H groups in total. The molecule has 0 fully saturated rings. The Bertz CT molecular complexity index is 868. The zero-order chi connectivity index (χ0) is 15.7. The Morgan fingerprint density at radius 3 is 2.18 bits per heavy atom. The lowest BCUT2D eigenvalue weighted by Crippen LogP contribution is -2.31. The van der Waals surface area contributed by atoms with Gasteiger partial charge < -0.3 is 11.5 Å². The molecule has 6 nitrogen and oxygen atoms in total. The molecule has 3 aromatic rings. The molecular formula is C16H14N4O2. The number of urea groups is 1. The molecule has 0 radical (unpaired) electrons. The number of benzene rings is 2. The predicted octanol–water partition coefficient (Wildman–Crippen LogP) is 2.03. The van der Waals surface area contributed by atoms with E-state index in [0.29, 0.717) is 11.1 Å². The van der Waals surface area contributed by atoms with Gasteiger partial charge in [0.05, 0.1) is 5.52 Å². The van der Waals surface area contributed by atoms with Crippen molar-refractivity contribution >= 4 is 22.8 Å². The molecule has 0 aliphatic heterocycles. The molecule has 3 amide bonds. The Morgan fingerprint density at radius 2 is 1.55 bits per heavy atom. The van der Waals surface area contributed by atoms with E-state index in [9.17, 15) is 9.59 Å². The highest BCUT2D eigenvalue weighted by Crippen LogP contribution is 2.34. The van der Waals surface area contributed by atoms with Gasteiger partial charge in [-0.3, -0.25) is 4.79 Å². The number of hydrogen-bond acceptors (Lipinski definition) is 2. The molecule has 0 aliphatic carbocycles. The largest absolute Gasteiger partial charge is 0.364 e. The molecule has 0 saturated heterocycles. The number of nitrogens with zero attached hydrogens (tertiary/aromatic N) is 1. The summed E-state index contributed by atoms with van der Waals surface area (Å²) in [6.07, 6.45) is 0. The van der Waals surface area contributed by atoms with Crippen molar-refractivity contribution in [3.63, 3.8) is 0 Å². The third-order valence-electron chi connectivity index (χ3n) is 3.39. The van der Waals surface area contributed by atoms with Gasteiger partial charge in [-0.25, -0.2) is 14.9 Å². The van der Waals surface area contributed by atoms with Crippen molar-refractivity contribution in [2.75, 3.05) is 5.43 Å². The van der Waals surface area contributed by atoms with Crippen LogP contribution in [0.2, 0.25) is 0 Å². The van der Waals surface area contributed by atoms with Gasteiger partial charge in [-0.2, -0.15) is 0 Å². The summed E-state index contributed by atoms with van der Waals surface area (Å²) in [5.74, 6) is -0.649. The Kier molecular flexibility index (Phi) is 3.27. The van der Waals surface area contributed by atoms with Crippen LogP contribution in [0, 0.1) is 0 Å². The maximum Gasteiger partial charge on any atom is 0.331 e. The van der Waals surface area contributed by atoms with E-state index in [1.165, 1.54) is 4.68 Å². The first-order valence-electron chi connectivity index (χ1n) is 6.64. The summed E-state index contributed by atoms with van der Waals surface area (Å²) in [7, 11) is 0. The smallest absolute Gasteiger partial charge is 0.331 e. The second-order valence-electron chi connectivity index (χ2n) is 4.78. The van der Waals surface area contributed by atoms with Gasteiger partial charge in [-0.15, -0.1) is 0 Å². The van der Waals surface area contributed by atoms with E-state index in [2.05, 4.69) is 5.43 Å². The number of hydrogen-bond donors (Lipinski definition) is 3. The van der Waals surface area contributed by atoms with Gasteiger partial charge in [0.25, 0.3) is 5.91 Å². The number of fused-ring (bicyclic) bond motifs is 1. The van der Waals surface area contributed by atoms with E-state index in [1.54, 1.807) is 12.1 Å². The van der Waals surface area contributed by atoms with Gasteiger partial charge in [0.2, 0.25) is 0 Å². The van der Waals surface area contributed by atoms with E-state index in [-0.39, 0.29) is 5.69 Å². The van der Waals surface area contributed by atoms with Crippen molar-refractivity contribution in [1.29, 1.82) is 0 Å². The van der Waals surface area contributed by atoms with Gasteiger partial charge in [0.15, 0.2) is 0 Å². The van der Waals surface area contributed by atoms with Crippen molar-refractivity contribution in [3.8, 4) is 11.1 Å². The first-order valence-corrected chi connectivity index (χ1v) is 6.64. The number of aromatic nitrogens is 1. The summed E-state index contributed by atoms with van der Waals surface area (Å²) in [5, 5.41) is 0.802. The summed E-state index contributed by atoms with van der Waals surface area (Å²) >= 11 is 0. The third kappa shape index (κ3) is 2.16. The molecule has 1 heterocycles. The maximum atomic E-state index is 12.0. The molecule has 1 aromatic heterocycles. The molecule has 2 aromatic carbocycles. The zero-order valence-corrected chi connectivity index (χ0v) is 11.6. The lowest BCUT2D eigenvalue weighted by molar-refractivity contribution is 0.0994. The lowest BCUT2D eigenvalue weighted by Gasteiger charge is -2.09. The highest BCUT2D eigenvalue weighted by molar-refractivity contribution is 6.10. The number of rotatable bonds is 3. The van der Waals surface area contributed by atoms with Crippen LogP contribution in [0.1, 0.15) is 10.5 Å². The van der Waals surface area contributed by atoms with Crippen LogP contribution in [0.25, 0.3) is 22.0 Å². The SMILES string of the molecule is NC(=O)Nn1c(C(N)=O)c(-c2ccccc2)c2ccccc21. The lowest BCUT2D eigenvalue weighted by atomic mass is 10.0. The maximum absolute atomic E-state index is 12.0. The Balaban J connectivity index is 2.42. The fourth-order valence-electron chi connectivity index (χ4n) is 2.60. The molecule has 0 aliphatic rings. The van der Waals surface area contributed by atoms with E-state index in [0.717, 1.165) is 10.9 Å². The molecule has 0 atom stereocenters. The second-order valence-corrected chi connectivity index (χ2v) is 4.78. The van der Waals surface area contributed by atoms with Gasteiger partial charge in [-0.05, 0) is 11.6 Å². The molecule has 0 unspecified atom stereocenters. The number of nitrogens with two attached hydrogens (primary N) is 2. The summed E-state index contributed by atoms with van der Waals surface area (Å²) in [6, 6.07) is 15.9.